The normalized spacial score (nSPS) is 14.4. The predicted octanol–water partition coefficient (Wildman–Crippen LogP) is 10.7. The Kier molecular flexibility index (Phi) is 16.4. The van der Waals surface area contributed by atoms with E-state index < -0.39 is 8.32 Å². The van der Waals surface area contributed by atoms with Crippen molar-refractivity contribution in [2.45, 2.75) is 162 Å². The van der Waals surface area contributed by atoms with Crippen molar-refractivity contribution in [2.75, 3.05) is 0 Å². The van der Waals surface area contributed by atoms with Crippen molar-refractivity contribution in [3.8, 4) is 0 Å². The first-order valence-corrected chi connectivity index (χ1v) is 17.8. The van der Waals surface area contributed by atoms with E-state index >= 15 is 0 Å². The van der Waals surface area contributed by atoms with Gasteiger partial charge in [0.05, 0.1) is 18.8 Å². The maximum atomic E-state index is 7.10. The summed E-state index contributed by atoms with van der Waals surface area (Å²) in [7, 11) is -1.87. The zero-order chi connectivity index (χ0) is 26.2. The summed E-state index contributed by atoms with van der Waals surface area (Å²) in [6, 6.07) is 10.7. The number of benzene rings is 1. The summed E-state index contributed by atoms with van der Waals surface area (Å²) in [6.07, 6.45) is 17.3. The summed E-state index contributed by atoms with van der Waals surface area (Å²) in [5.74, 6) is 0.775. The molecule has 0 amide bonds. The second kappa shape index (κ2) is 17.7. The standard InChI is InChI=1S/C32H60O2Si/c1-9-10-11-12-13-14-15-19-25-30(33-27-29-23-17-16-18-24-29)31(26-21-20-22-28(2)3)34-35(7,8)32(4,5)6/h16-18,23-24,28,30-31H,9-15,19-22,25-27H2,1-8H3/t30-,31-/m1/s1. The van der Waals surface area contributed by atoms with E-state index in [4.69, 9.17) is 9.16 Å². The van der Waals surface area contributed by atoms with E-state index in [0.29, 0.717) is 6.61 Å². The molecule has 1 aromatic carbocycles. The van der Waals surface area contributed by atoms with Gasteiger partial charge in [-0.15, -0.1) is 0 Å². The Bertz CT molecular complexity index is 620. The van der Waals surface area contributed by atoms with Gasteiger partial charge in [0.1, 0.15) is 0 Å². The second-order valence-electron chi connectivity index (χ2n) is 12.7. The van der Waals surface area contributed by atoms with Gasteiger partial charge >= 0.3 is 0 Å². The smallest absolute Gasteiger partial charge is 0.192 e. The van der Waals surface area contributed by atoms with Gasteiger partial charge in [-0.05, 0) is 42.5 Å². The van der Waals surface area contributed by atoms with Gasteiger partial charge in [-0.1, -0.05) is 143 Å². The lowest BCUT2D eigenvalue weighted by molar-refractivity contribution is -0.0487. The van der Waals surface area contributed by atoms with Crippen LogP contribution in [0, 0.1) is 5.92 Å². The average molecular weight is 505 g/mol. The molecule has 0 unspecified atom stereocenters. The largest absolute Gasteiger partial charge is 0.411 e. The highest BCUT2D eigenvalue weighted by Gasteiger charge is 2.40. The Morgan fingerprint density at radius 1 is 0.714 bits per heavy atom. The van der Waals surface area contributed by atoms with Crippen molar-refractivity contribution < 1.29 is 9.16 Å². The topological polar surface area (TPSA) is 18.5 Å². The van der Waals surface area contributed by atoms with Crippen LogP contribution in [-0.4, -0.2) is 20.5 Å². The van der Waals surface area contributed by atoms with E-state index in [1.165, 1.54) is 76.2 Å². The van der Waals surface area contributed by atoms with Gasteiger partial charge in [-0.2, -0.15) is 0 Å². The molecule has 0 saturated heterocycles. The highest BCUT2D eigenvalue weighted by molar-refractivity contribution is 6.74. The Hall–Kier alpha value is -0.643. The molecule has 2 nitrogen and oxygen atoms in total. The van der Waals surface area contributed by atoms with Crippen LogP contribution in [0.15, 0.2) is 30.3 Å². The minimum Gasteiger partial charge on any atom is -0.411 e. The Labute approximate surface area is 221 Å². The van der Waals surface area contributed by atoms with Gasteiger partial charge in [0.25, 0.3) is 0 Å². The van der Waals surface area contributed by atoms with Crippen molar-refractivity contribution in [2.24, 2.45) is 5.92 Å². The molecule has 0 bridgehead atoms. The molecule has 2 atom stereocenters. The molecule has 0 aromatic heterocycles. The fourth-order valence-electron chi connectivity index (χ4n) is 4.41. The zero-order valence-corrected chi connectivity index (χ0v) is 25.8. The molecule has 0 spiro atoms. The molecule has 3 heteroatoms. The molecule has 1 rings (SSSR count). The number of rotatable bonds is 20. The van der Waals surface area contributed by atoms with E-state index in [2.05, 4.69) is 85.0 Å². The predicted molar refractivity (Wildman–Crippen MR) is 158 cm³/mol. The van der Waals surface area contributed by atoms with E-state index in [-0.39, 0.29) is 17.2 Å². The van der Waals surface area contributed by atoms with Gasteiger partial charge in [-0.25, -0.2) is 0 Å². The minimum atomic E-state index is -1.87. The van der Waals surface area contributed by atoms with Gasteiger partial charge in [0.2, 0.25) is 0 Å². The molecule has 0 heterocycles. The Morgan fingerprint density at radius 2 is 1.23 bits per heavy atom. The molecule has 1 aromatic rings. The number of unbranched alkanes of at least 4 members (excludes halogenated alkanes) is 8. The molecule has 0 aliphatic carbocycles. The highest BCUT2D eigenvalue weighted by atomic mass is 28.4. The van der Waals surface area contributed by atoms with Crippen LogP contribution in [0.1, 0.15) is 131 Å². The lowest BCUT2D eigenvalue weighted by Crippen LogP contribution is -2.47. The number of ether oxygens (including phenoxy) is 1. The third kappa shape index (κ3) is 14.6. The Balaban J connectivity index is 2.83. The molecule has 0 fully saturated rings. The molecular weight excluding hydrogens is 444 g/mol. The molecule has 0 aliphatic rings. The monoisotopic (exact) mass is 504 g/mol. The van der Waals surface area contributed by atoms with Crippen LogP contribution in [0.3, 0.4) is 0 Å². The molecular formula is C32H60O2Si. The number of hydrogen-bond donors (Lipinski definition) is 0. The highest BCUT2D eigenvalue weighted by Crippen LogP contribution is 2.39. The zero-order valence-electron chi connectivity index (χ0n) is 24.8. The molecule has 0 saturated carbocycles. The summed E-state index contributed by atoms with van der Waals surface area (Å²) >= 11 is 0. The van der Waals surface area contributed by atoms with E-state index in [9.17, 15) is 0 Å². The van der Waals surface area contributed by atoms with Crippen molar-refractivity contribution in [3.05, 3.63) is 35.9 Å². The summed E-state index contributed by atoms with van der Waals surface area (Å²) < 4.78 is 13.8. The minimum absolute atomic E-state index is 0.184. The van der Waals surface area contributed by atoms with E-state index in [0.717, 1.165) is 18.8 Å². The second-order valence-corrected chi connectivity index (χ2v) is 17.4. The first kappa shape index (κ1) is 32.4. The number of hydrogen-bond acceptors (Lipinski definition) is 2. The fourth-order valence-corrected chi connectivity index (χ4v) is 5.79. The maximum absolute atomic E-state index is 7.10. The van der Waals surface area contributed by atoms with Gasteiger partial charge < -0.3 is 9.16 Å². The van der Waals surface area contributed by atoms with Crippen LogP contribution in [0.5, 0.6) is 0 Å². The van der Waals surface area contributed by atoms with Gasteiger partial charge in [0.15, 0.2) is 8.32 Å². The molecule has 0 aliphatic heterocycles. The fraction of sp³-hybridized carbons (Fsp3) is 0.812. The van der Waals surface area contributed by atoms with Crippen LogP contribution in [-0.2, 0) is 15.8 Å². The van der Waals surface area contributed by atoms with Crippen LogP contribution < -0.4 is 0 Å². The van der Waals surface area contributed by atoms with E-state index in [1.807, 2.05) is 0 Å². The SMILES string of the molecule is CCCCCCCCCC[C@@H](OCc1ccccc1)[C@@H](CCCCC(C)C)O[Si](C)(C)C(C)(C)C. The lowest BCUT2D eigenvalue weighted by atomic mass is 9.98. The van der Waals surface area contributed by atoms with Gasteiger partial charge in [0, 0.05) is 0 Å². The Morgan fingerprint density at radius 3 is 1.80 bits per heavy atom. The summed E-state index contributed by atoms with van der Waals surface area (Å²) in [5, 5.41) is 0.214. The summed E-state index contributed by atoms with van der Waals surface area (Å²) in [6.45, 7) is 19.5. The quantitative estimate of drug-likeness (QED) is 0.130. The first-order chi connectivity index (χ1) is 16.6. The van der Waals surface area contributed by atoms with Crippen LogP contribution >= 0.6 is 0 Å². The first-order valence-electron chi connectivity index (χ1n) is 14.9. The molecule has 0 radical (unpaired) electrons. The van der Waals surface area contributed by atoms with Crippen LogP contribution in [0.4, 0.5) is 0 Å². The molecule has 204 valence electrons. The van der Waals surface area contributed by atoms with Gasteiger partial charge in [-0.3, -0.25) is 0 Å². The van der Waals surface area contributed by atoms with Crippen LogP contribution in [0.25, 0.3) is 0 Å². The third-order valence-electron chi connectivity index (χ3n) is 7.84. The summed E-state index contributed by atoms with van der Waals surface area (Å²) in [4.78, 5) is 0. The third-order valence-corrected chi connectivity index (χ3v) is 12.3. The van der Waals surface area contributed by atoms with Crippen molar-refractivity contribution in [1.29, 1.82) is 0 Å². The van der Waals surface area contributed by atoms with Crippen molar-refractivity contribution in [1.82, 2.24) is 0 Å². The average Bonchev–Trinajstić information content (AvgIpc) is 2.79. The summed E-state index contributed by atoms with van der Waals surface area (Å²) in [5.41, 5.74) is 1.26. The maximum Gasteiger partial charge on any atom is 0.192 e. The van der Waals surface area contributed by atoms with E-state index in [1.54, 1.807) is 0 Å². The molecule has 0 N–H and O–H groups in total. The van der Waals surface area contributed by atoms with Crippen molar-refractivity contribution in [3.63, 3.8) is 0 Å². The lowest BCUT2D eigenvalue weighted by Gasteiger charge is -2.41. The van der Waals surface area contributed by atoms with Crippen molar-refractivity contribution >= 4 is 8.32 Å². The molecule has 35 heavy (non-hydrogen) atoms. The van der Waals surface area contributed by atoms with Crippen LogP contribution in [0.2, 0.25) is 18.1 Å².